The SMILES string of the molecule is CC(=O)N1CCc2cc(S(=O)(=O)N3CCCCC3CN)ccc21. The molecule has 7 heteroatoms. The molecule has 2 aliphatic heterocycles. The van der Waals surface area contributed by atoms with Gasteiger partial charge in [0.2, 0.25) is 15.9 Å². The van der Waals surface area contributed by atoms with Crippen LogP contribution in [0.25, 0.3) is 0 Å². The smallest absolute Gasteiger partial charge is 0.243 e. The third kappa shape index (κ3) is 2.88. The fourth-order valence-electron chi connectivity index (χ4n) is 3.53. The maximum Gasteiger partial charge on any atom is 0.243 e. The zero-order valence-corrected chi connectivity index (χ0v) is 14.2. The fraction of sp³-hybridized carbons (Fsp3) is 0.562. The predicted molar refractivity (Wildman–Crippen MR) is 88.8 cm³/mol. The zero-order valence-electron chi connectivity index (χ0n) is 13.4. The first kappa shape index (κ1) is 16.4. The second-order valence-electron chi connectivity index (χ2n) is 6.21. The molecule has 2 aliphatic rings. The van der Waals surface area contributed by atoms with Gasteiger partial charge in [-0.1, -0.05) is 6.42 Å². The highest BCUT2D eigenvalue weighted by atomic mass is 32.2. The summed E-state index contributed by atoms with van der Waals surface area (Å²) >= 11 is 0. The number of fused-ring (bicyclic) bond motifs is 1. The van der Waals surface area contributed by atoms with Crippen molar-refractivity contribution in [2.45, 2.75) is 43.5 Å². The highest BCUT2D eigenvalue weighted by molar-refractivity contribution is 7.89. The number of nitrogens with zero attached hydrogens (tertiary/aromatic N) is 2. The molecule has 1 amide bonds. The van der Waals surface area contributed by atoms with Crippen LogP contribution in [0.2, 0.25) is 0 Å². The monoisotopic (exact) mass is 337 g/mol. The van der Waals surface area contributed by atoms with Crippen LogP contribution in [0.1, 0.15) is 31.7 Å². The van der Waals surface area contributed by atoms with Crippen LogP contribution in [0.3, 0.4) is 0 Å². The first-order valence-corrected chi connectivity index (χ1v) is 9.52. The largest absolute Gasteiger partial charge is 0.329 e. The molecule has 126 valence electrons. The Hall–Kier alpha value is -1.44. The van der Waals surface area contributed by atoms with Gasteiger partial charge in [-0.05, 0) is 43.0 Å². The first-order valence-electron chi connectivity index (χ1n) is 8.08. The van der Waals surface area contributed by atoms with Crippen LogP contribution in [0.5, 0.6) is 0 Å². The van der Waals surface area contributed by atoms with E-state index in [-0.39, 0.29) is 11.9 Å². The normalized spacial score (nSPS) is 22.2. The van der Waals surface area contributed by atoms with Crippen molar-refractivity contribution in [3.63, 3.8) is 0 Å². The van der Waals surface area contributed by atoms with E-state index in [9.17, 15) is 13.2 Å². The van der Waals surface area contributed by atoms with E-state index in [2.05, 4.69) is 0 Å². The Morgan fingerprint density at radius 1 is 1.30 bits per heavy atom. The second kappa shape index (κ2) is 6.22. The molecule has 0 aliphatic carbocycles. The maximum atomic E-state index is 13.0. The van der Waals surface area contributed by atoms with E-state index in [1.165, 1.54) is 6.92 Å². The molecule has 23 heavy (non-hydrogen) atoms. The van der Waals surface area contributed by atoms with Gasteiger partial charge in [-0.3, -0.25) is 4.79 Å². The average molecular weight is 337 g/mol. The van der Waals surface area contributed by atoms with Gasteiger partial charge in [-0.25, -0.2) is 8.42 Å². The second-order valence-corrected chi connectivity index (χ2v) is 8.10. The molecule has 0 bridgehead atoms. The summed E-state index contributed by atoms with van der Waals surface area (Å²) in [6.45, 7) is 3.02. The Balaban J connectivity index is 1.94. The van der Waals surface area contributed by atoms with E-state index in [0.29, 0.717) is 31.0 Å². The molecule has 6 nitrogen and oxygen atoms in total. The molecule has 2 heterocycles. The van der Waals surface area contributed by atoms with E-state index in [4.69, 9.17) is 5.73 Å². The fourth-order valence-corrected chi connectivity index (χ4v) is 5.28. The Morgan fingerprint density at radius 2 is 2.09 bits per heavy atom. The number of carbonyl (C=O) groups excluding carboxylic acids is 1. The quantitative estimate of drug-likeness (QED) is 0.895. The number of amides is 1. The molecule has 1 fully saturated rings. The maximum absolute atomic E-state index is 13.0. The summed E-state index contributed by atoms with van der Waals surface area (Å²) in [5.41, 5.74) is 7.50. The lowest BCUT2D eigenvalue weighted by Crippen LogP contribution is -2.47. The number of piperidine rings is 1. The van der Waals surface area contributed by atoms with Gasteiger partial charge in [-0.15, -0.1) is 0 Å². The molecule has 1 atom stereocenters. The van der Waals surface area contributed by atoms with Crippen LogP contribution in [0.4, 0.5) is 5.69 Å². The van der Waals surface area contributed by atoms with Gasteiger partial charge >= 0.3 is 0 Å². The molecule has 0 radical (unpaired) electrons. The summed E-state index contributed by atoms with van der Waals surface area (Å²) < 4.78 is 27.5. The average Bonchev–Trinajstić information content (AvgIpc) is 2.98. The lowest BCUT2D eigenvalue weighted by Gasteiger charge is -2.34. The van der Waals surface area contributed by atoms with Crippen molar-refractivity contribution in [3.8, 4) is 0 Å². The molecular formula is C16H23N3O3S. The lowest BCUT2D eigenvalue weighted by atomic mass is 10.1. The molecule has 1 aromatic carbocycles. The molecule has 1 unspecified atom stereocenters. The van der Waals surface area contributed by atoms with Gasteiger partial charge in [0.25, 0.3) is 0 Å². The summed E-state index contributed by atoms with van der Waals surface area (Å²) in [6, 6.07) is 4.96. The van der Waals surface area contributed by atoms with Crippen LogP contribution in [-0.2, 0) is 21.2 Å². The number of rotatable bonds is 3. The number of nitrogens with two attached hydrogens (primary N) is 1. The van der Waals surface area contributed by atoms with E-state index in [1.807, 2.05) is 0 Å². The number of hydrogen-bond donors (Lipinski definition) is 1. The van der Waals surface area contributed by atoms with Crippen LogP contribution in [-0.4, -0.2) is 44.3 Å². The van der Waals surface area contributed by atoms with Crippen molar-refractivity contribution in [2.24, 2.45) is 5.73 Å². The molecule has 0 spiro atoms. The molecular weight excluding hydrogens is 314 g/mol. The number of anilines is 1. The summed E-state index contributed by atoms with van der Waals surface area (Å²) in [5.74, 6) is -0.0152. The Morgan fingerprint density at radius 3 is 2.78 bits per heavy atom. The van der Waals surface area contributed by atoms with Crippen molar-refractivity contribution >= 4 is 21.6 Å². The highest BCUT2D eigenvalue weighted by Gasteiger charge is 2.33. The Kier molecular flexibility index (Phi) is 4.44. The van der Waals surface area contributed by atoms with Gasteiger partial charge in [0.1, 0.15) is 0 Å². The van der Waals surface area contributed by atoms with E-state index in [1.54, 1.807) is 27.4 Å². The number of sulfonamides is 1. The highest BCUT2D eigenvalue weighted by Crippen LogP contribution is 2.32. The minimum atomic E-state index is -3.53. The predicted octanol–water partition coefficient (Wildman–Crippen LogP) is 1.10. The molecule has 2 N–H and O–H groups in total. The van der Waals surface area contributed by atoms with E-state index in [0.717, 1.165) is 30.5 Å². The van der Waals surface area contributed by atoms with Crippen LogP contribution in [0, 0.1) is 0 Å². The third-order valence-corrected chi connectivity index (χ3v) is 6.73. The summed E-state index contributed by atoms with van der Waals surface area (Å²) in [5, 5.41) is 0. The lowest BCUT2D eigenvalue weighted by molar-refractivity contribution is -0.116. The van der Waals surface area contributed by atoms with Gasteiger partial charge in [0.05, 0.1) is 4.90 Å². The minimum absolute atomic E-state index is 0.0152. The topological polar surface area (TPSA) is 83.7 Å². The van der Waals surface area contributed by atoms with Gasteiger partial charge in [0, 0.05) is 38.3 Å². The van der Waals surface area contributed by atoms with Gasteiger partial charge < -0.3 is 10.6 Å². The van der Waals surface area contributed by atoms with Crippen molar-refractivity contribution in [1.29, 1.82) is 0 Å². The van der Waals surface area contributed by atoms with Crippen molar-refractivity contribution in [3.05, 3.63) is 23.8 Å². The number of benzene rings is 1. The zero-order chi connectivity index (χ0) is 16.6. The molecule has 0 aromatic heterocycles. The summed E-state index contributed by atoms with van der Waals surface area (Å²) in [7, 11) is -3.53. The molecule has 1 saturated heterocycles. The van der Waals surface area contributed by atoms with Gasteiger partial charge in [-0.2, -0.15) is 4.31 Å². The standard InChI is InChI=1S/C16H23N3O3S/c1-12(20)18-9-7-13-10-15(5-6-16(13)18)23(21,22)19-8-3-2-4-14(19)11-17/h5-6,10,14H,2-4,7-9,11,17H2,1H3. The third-order valence-electron chi connectivity index (χ3n) is 4.78. The van der Waals surface area contributed by atoms with Crippen molar-refractivity contribution in [1.82, 2.24) is 4.31 Å². The van der Waals surface area contributed by atoms with Crippen molar-refractivity contribution < 1.29 is 13.2 Å². The van der Waals surface area contributed by atoms with E-state index < -0.39 is 10.0 Å². The summed E-state index contributed by atoms with van der Waals surface area (Å²) in [4.78, 5) is 13.6. The summed E-state index contributed by atoms with van der Waals surface area (Å²) in [6.07, 6.45) is 3.40. The van der Waals surface area contributed by atoms with Crippen LogP contribution < -0.4 is 10.6 Å². The van der Waals surface area contributed by atoms with Crippen molar-refractivity contribution in [2.75, 3.05) is 24.5 Å². The van der Waals surface area contributed by atoms with Gasteiger partial charge in [0.15, 0.2) is 0 Å². The number of hydrogen-bond acceptors (Lipinski definition) is 4. The Labute approximate surface area is 137 Å². The number of carbonyl (C=O) groups is 1. The molecule has 1 aromatic rings. The first-order chi connectivity index (χ1) is 10.9. The Bertz CT molecular complexity index is 717. The molecule has 0 saturated carbocycles. The minimum Gasteiger partial charge on any atom is -0.329 e. The van der Waals surface area contributed by atoms with Crippen LogP contribution in [0.15, 0.2) is 23.1 Å². The van der Waals surface area contributed by atoms with Crippen LogP contribution >= 0.6 is 0 Å². The van der Waals surface area contributed by atoms with E-state index >= 15 is 0 Å². The molecule has 3 rings (SSSR count).